The van der Waals surface area contributed by atoms with Crippen molar-refractivity contribution >= 4 is 38.4 Å². The normalized spacial score (nSPS) is 16.1. The van der Waals surface area contributed by atoms with Crippen LogP contribution in [0.25, 0.3) is 10.2 Å². The maximum Gasteiger partial charge on any atom is 0.296 e. The number of furan rings is 1. The van der Waals surface area contributed by atoms with Crippen LogP contribution in [0.5, 0.6) is 5.75 Å². The number of rotatable bonds is 7. The van der Waals surface area contributed by atoms with Gasteiger partial charge >= 0.3 is 0 Å². The Balaban J connectivity index is 1.64. The molecule has 4 aromatic rings. The van der Waals surface area contributed by atoms with Crippen LogP contribution in [0, 0.1) is 0 Å². The molecule has 0 radical (unpaired) electrons. The van der Waals surface area contributed by atoms with E-state index in [1.54, 1.807) is 6.07 Å². The van der Waals surface area contributed by atoms with E-state index < -0.39 is 23.5 Å². The van der Waals surface area contributed by atoms with Gasteiger partial charge in [0, 0.05) is 0 Å². The number of aromatic nitrogens is 1. The fourth-order valence-electron chi connectivity index (χ4n) is 4.21. The Morgan fingerprint density at radius 3 is 2.63 bits per heavy atom. The van der Waals surface area contributed by atoms with Crippen molar-refractivity contribution in [2.24, 2.45) is 0 Å². The second kappa shape index (κ2) is 9.03. The second-order valence-corrected chi connectivity index (χ2v) is 9.54. The lowest BCUT2D eigenvalue weighted by atomic mass is 9.93. The number of fused-ring (bicyclic) bond motifs is 1. The average Bonchev–Trinajstić information content (AvgIpc) is 3.58. The van der Waals surface area contributed by atoms with Gasteiger partial charge in [-0.3, -0.25) is 14.5 Å². The first-order chi connectivity index (χ1) is 16.9. The number of aliphatic hydroxyl groups is 1. The van der Waals surface area contributed by atoms with E-state index in [1.165, 1.54) is 28.6 Å². The first kappa shape index (κ1) is 22.9. The predicted octanol–water partition coefficient (Wildman–Crippen LogP) is 6.19. The van der Waals surface area contributed by atoms with Crippen molar-refractivity contribution in [3.8, 4) is 5.75 Å². The summed E-state index contributed by atoms with van der Waals surface area (Å²) < 4.78 is 11.7. The molecule has 35 heavy (non-hydrogen) atoms. The van der Waals surface area contributed by atoms with Crippen molar-refractivity contribution in [1.82, 2.24) is 4.98 Å². The number of Topliss-reactive ketones (excluding diaryl/α,β-unsaturated/α-hetero) is 1. The quantitative estimate of drug-likeness (QED) is 0.312. The smallest absolute Gasteiger partial charge is 0.296 e. The minimum absolute atomic E-state index is 0.0310. The van der Waals surface area contributed by atoms with Gasteiger partial charge in [0.15, 0.2) is 16.7 Å². The van der Waals surface area contributed by atoms with E-state index >= 15 is 0 Å². The number of hydrogen-bond donors (Lipinski definition) is 1. The molecule has 0 spiro atoms. The molecular formula is C27H24N2O5S. The molecule has 0 aliphatic carbocycles. The Hall–Kier alpha value is -3.91. The lowest BCUT2D eigenvalue weighted by molar-refractivity contribution is -0.117. The lowest BCUT2D eigenvalue weighted by Gasteiger charge is -2.24. The van der Waals surface area contributed by atoms with Crippen LogP contribution in [-0.2, 0) is 4.79 Å². The molecule has 0 saturated heterocycles. The van der Waals surface area contributed by atoms with E-state index in [9.17, 15) is 14.7 Å². The van der Waals surface area contributed by atoms with Gasteiger partial charge < -0.3 is 14.3 Å². The van der Waals surface area contributed by atoms with Crippen LogP contribution < -0.4 is 9.64 Å². The van der Waals surface area contributed by atoms with Crippen LogP contribution in [0.2, 0.25) is 0 Å². The zero-order valence-corrected chi connectivity index (χ0v) is 20.3. The van der Waals surface area contributed by atoms with E-state index in [0.29, 0.717) is 34.5 Å². The maximum absolute atomic E-state index is 13.4. The molecule has 0 bridgehead atoms. The van der Waals surface area contributed by atoms with Gasteiger partial charge in [0.2, 0.25) is 5.78 Å². The van der Waals surface area contributed by atoms with Crippen molar-refractivity contribution in [3.05, 3.63) is 89.1 Å². The van der Waals surface area contributed by atoms with Crippen LogP contribution in [-0.4, -0.2) is 28.4 Å². The molecule has 178 valence electrons. The van der Waals surface area contributed by atoms with Crippen LogP contribution in [0.1, 0.15) is 54.4 Å². The summed E-state index contributed by atoms with van der Waals surface area (Å²) in [6.07, 6.45) is 1.38. The van der Waals surface area contributed by atoms with E-state index in [-0.39, 0.29) is 11.3 Å². The number of aliphatic hydroxyl groups excluding tert-OH is 1. The summed E-state index contributed by atoms with van der Waals surface area (Å²) in [5.74, 6) is -0.738. The molecule has 1 atom stereocenters. The number of amides is 1. The van der Waals surface area contributed by atoms with Gasteiger partial charge in [-0.15, -0.1) is 0 Å². The number of anilines is 1. The summed E-state index contributed by atoms with van der Waals surface area (Å²) >= 11 is 1.30. The molecule has 2 aromatic carbocycles. The van der Waals surface area contributed by atoms with E-state index in [1.807, 2.05) is 49.4 Å². The minimum Gasteiger partial charge on any atom is -0.503 e. The molecule has 0 fully saturated rings. The SMILES string of the molecule is CCOc1ccc2nc(N3C(=O)C(O)=C(C(=O)c4ccco4)[C@@H]3c3ccc(C(C)C)cc3)sc2c1. The van der Waals surface area contributed by atoms with Crippen molar-refractivity contribution in [1.29, 1.82) is 0 Å². The van der Waals surface area contributed by atoms with Crippen LogP contribution >= 0.6 is 11.3 Å². The molecule has 0 unspecified atom stereocenters. The number of hydrogen-bond acceptors (Lipinski definition) is 7. The van der Waals surface area contributed by atoms with E-state index in [2.05, 4.69) is 18.8 Å². The fourth-order valence-corrected chi connectivity index (χ4v) is 5.23. The molecule has 1 aliphatic heterocycles. The first-order valence-corrected chi connectivity index (χ1v) is 12.2. The van der Waals surface area contributed by atoms with Gasteiger partial charge in [-0.2, -0.15) is 0 Å². The molecule has 2 aromatic heterocycles. The highest BCUT2D eigenvalue weighted by molar-refractivity contribution is 7.22. The van der Waals surface area contributed by atoms with Crippen molar-refractivity contribution in [3.63, 3.8) is 0 Å². The number of ether oxygens (including phenoxy) is 1. The monoisotopic (exact) mass is 488 g/mol. The van der Waals surface area contributed by atoms with Crippen molar-refractivity contribution in [2.45, 2.75) is 32.7 Å². The summed E-state index contributed by atoms with van der Waals surface area (Å²) in [6, 6.07) is 15.5. The van der Waals surface area contributed by atoms with Crippen LogP contribution in [0.4, 0.5) is 5.13 Å². The van der Waals surface area contributed by atoms with E-state index in [4.69, 9.17) is 9.15 Å². The molecule has 5 rings (SSSR count). The molecule has 1 N–H and O–H groups in total. The summed E-state index contributed by atoms with van der Waals surface area (Å²) in [5, 5.41) is 11.3. The largest absolute Gasteiger partial charge is 0.503 e. The Morgan fingerprint density at radius 1 is 1.20 bits per heavy atom. The predicted molar refractivity (Wildman–Crippen MR) is 134 cm³/mol. The number of carbonyl (C=O) groups excluding carboxylic acids is 2. The third-order valence-electron chi connectivity index (χ3n) is 5.98. The zero-order chi connectivity index (χ0) is 24.7. The third-order valence-corrected chi connectivity index (χ3v) is 7.00. The topological polar surface area (TPSA) is 92.9 Å². The Bertz CT molecular complexity index is 1430. The van der Waals surface area contributed by atoms with E-state index in [0.717, 1.165) is 10.3 Å². The summed E-state index contributed by atoms with van der Waals surface area (Å²) in [5.41, 5.74) is 2.48. The fraction of sp³-hybridized carbons (Fsp3) is 0.222. The lowest BCUT2D eigenvalue weighted by Crippen LogP contribution is -2.31. The molecule has 1 aliphatic rings. The summed E-state index contributed by atoms with van der Waals surface area (Å²) in [7, 11) is 0. The standard InChI is InChI=1S/C27H24N2O5S/c1-4-33-18-11-12-19-21(14-18)35-27(28-19)29-23(17-9-7-16(8-10-17)15(2)3)22(25(31)26(29)32)24(30)20-6-5-13-34-20/h5-15,23,31H,4H2,1-3H3/t23-/m0/s1. The van der Waals surface area contributed by atoms with Gasteiger partial charge in [-0.25, -0.2) is 4.98 Å². The molecule has 7 nitrogen and oxygen atoms in total. The number of nitrogens with zero attached hydrogens (tertiary/aromatic N) is 2. The highest BCUT2D eigenvalue weighted by Gasteiger charge is 2.46. The number of benzene rings is 2. The molecule has 1 amide bonds. The summed E-state index contributed by atoms with van der Waals surface area (Å²) in [4.78, 5) is 32.8. The number of carbonyl (C=O) groups is 2. The summed E-state index contributed by atoms with van der Waals surface area (Å²) in [6.45, 7) is 6.63. The molecule has 0 saturated carbocycles. The van der Waals surface area contributed by atoms with Gasteiger partial charge in [-0.1, -0.05) is 49.4 Å². The molecule has 8 heteroatoms. The molecule has 3 heterocycles. The van der Waals surface area contributed by atoms with Crippen LogP contribution in [0.3, 0.4) is 0 Å². The number of ketones is 1. The second-order valence-electron chi connectivity index (χ2n) is 8.53. The van der Waals surface area contributed by atoms with Gasteiger partial charge in [0.25, 0.3) is 5.91 Å². The minimum atomic E-state index is -0.853. The van der Waals surface area contributed by atoms with Gasteiger partial charge in [-0.05, 0) is 54.3 Å². The highest BCUT2D eigenvalue weighted by atomic mass is 32.1. The average molecular weight is 489 g/mol. The van der Waals surface area contributed by atoms with Crippen molar-refractivity contribution in [2.75, 3.05) is 11.5 Å². The van der Waals surface area contributed by atoms with Gasteiger partial charge in [0.1, 0.15) is 5.75 Å². The number of thiazole rings is 1. The maximum atomic E-state index is 13.4. The third kappa shape index (κ3) is 4.00. The highest BCUT2D eigenvalue weighted by Crippen LogP contribution is 2.44. The van der Waals surface area contributed by atoms with Gasteiger partial charge in [0.05, 0.1) is 34.7 Å². The van der Waals surface area contributed by atoms with Crippen molar-refractivity contribution < 1.29 is 23.8 Å². The first-order valence-electron chi connectivity index (χ1n) is 11.4. The molecular weight excluding hydrogens is 464 g/mol. The Kier molecular flexibility index (Phi) is 5.90. The Labute approximate surface area is 206 Å². The Morgan fingerprint density at radius 2 is 1.97 bits per heavy atom. The zero-order valence-electron chi connectivity index (χ0n) is 19.5. The van der Waals surface area contributed by atoms with Crippen LogP contribution in [0.15, 0.2) is 76.6 Å².